The Kier molecular flexibility index (Phi) is 27.5. The Hall–Kier alpha value is 0.0701. The standard InChI is InChI=1S/C13H12NO2S.H2N.2H2O.3Zn/c15-13(16)11-3-1-10(2-4-11)9-17-12-5-7-14-8-6-12;;;;;;/h1-7H,8-9H2,(H,15,16);3*1H2;;;/q2*-1;;;;;. The van der Waals surface area contributed by atoms with Crippen molar-refractivity contribution in [2.75, 3.05) is 6.54 Å². The van der Waals surface area contributed by atoms with Gasteiger partial charge in [0.05, 0.1) is 5.56 Å². The molecule has 1 heterocycles. The molecule has 0 amide bonds. The Morgan fingerprint density at radius 1 is 1.13 bits per heavy atom. The van der Waals surface area contributed by atoms with E-state index in [2.05, 4.69) is 11.4 Å². The van der Waals surface area contributed by atoms with Crippen LogP contribution in [-0.4, -0.2) is 28.6 Å². The molecule has 23 heavy (non-hydrogen) atoms. The molecule has 118 valence electrons. The first-order valence-corrected chi connectivity index (χ1v) is 6.22. The predicted octanol–water partition coefficient (Wildman–Crippen LogP) is 2.46. The van der Waals surface area contributed by atoms with Crippen molar-refractivity contribution in [3.05, 3.63) is 70.1 Å². The minimum Gasteiger partial charge on any atom is -0.693 e. The van der Waals surface area contributed by atoms with Gasteiger partial charge >= 0.3 is 5.97 Å². The summed E-state index contributed by atoms with van der Waals surface area (Å²) >= 11 is 1.73. The first kappa shape index (κ1) is 34.4. The topological polar surface area (TPSA) is 148 Å². The SMILES string of the molecule is O.O.O=C(O)c1ccc(CSC2=CC[N-]C=C2)cc1.[NH2-].[Zn].[Zn].[Zn]. The van der Waals surface area contributed by atoms with Crippen molar-refractivity contribution in [3.8, 4) is 0 Å². The van der Waals surface area contributed by atoms with E-state index in [1.165, 1.54) is 4.91 Å². The third-order valence-corrected chi connectivity index (χ3v) is 3.46. The second kappa shape index (κ2) is 18.4. The number of allylic oxidation sites excluding steroid dienone is 1. The van der Waals surface area contributed by atoms with Gasteiger partial charge in [0.15, 0.2) is 0 Å². The summed E-state index contributed by atoms with van der Waals surface area (Å²) in [6.45, 7) is 0.747. The zero-order valence-electron chi connectivity index (χ0n) is 12.9. The second-order valence-corrected chi connectivity index (χ2v) is 4.63. The fourth-order valence-corrected chi connectivity index (χ4v) is 2.29. The van der Waals surface area contributed by atoms with Crippen LogP contribution in [0, 0.1) is 0 Å². The molecular weight excluding hydrogens is 476 g/mol. The first-order valence-electron chi connectivity index (χ1n) is 5.24. The fraction of sp³-hybridized carbons (Fsp3) is 0.154. The number of rotatable bonds is 4. The number of carbonyl (C=O) groups is 1. The molecule has 10 heteroatoms. The third kappa shape index (κ3) is 12.1. The van der Waals surface area contributed by atoms with E-state index in [1.54, 1.807) is 23.9 Å². The summed E-state index contributed by atoms with van der Waals surface area (Å²) in [5, 5.41) is 12.9. The molecule has 2 rings (SSSR count). The summed E-state index contributed by atoms with van der Waals surface area (Å²) in [6.07, 6.45) is 5.88. The van der Waals surface area contributed by atoms with Gasteiger partial charge in [0, 0.05) is 69.1 Å². The van der Waals surface area contributed by atoms with E-state index in [0.717, 1.165) is 17.9 Å². The Labute approximate surface area is 178 Å². The number of carboxylic acids is 1. The van der Waals surface area contributed by atoms with Crippen LogP contribution in [0.5, 0.6) is 0 Å². The smallest absolute Gasteiger partial charge is 0.335 e. The summed E-state index contributed by atoms with van der Waals surface area (Å²) in [5.41, 5.74) is 1.45. The Balaban J connectivity index is -0.000000180. The Bertz CT molecular complexity index is 485. The molecule has 1 aliphatic rings. The molecule has 0 unspecified atom stereocenters. The zero-order chi connectivity index (χ0) is 12.1. The molecule has 0 spiro atoms. The van der Waals surface area contributed by atoms with Gasteiger partial charge in [-0.1, -0.05) is 24.3 Å². The van der Waals surface area contributed by atoms with E-state index in [4.69, 9.17) is 5.11 Å². The molecule has 0 aromatic heterocycles. The molecule has 0 saturated carbocycles. The fourth-order valence-electron chi connectivity index (χ4n) is 1.41. The Morgan fingerprint density at radius 3 is 2.13 bits per heavy atom. The molecular formula is C13H18N2O4SZn3-2. The van der Waals surface area contributed by atoms with E-state index in [9.17, 15) is 4.79 Å². The number of nitrogens with two attached hydrogens (primary N) is 1. The Morgan fingerprint density at radius 2 is 1.70 bits per heavy atom. The third-order valence-electron chi connectivity index (χ3n) is 2.35. The van der Waals surface area contributed by atoms with Crippen molar-refractivity contribution in [1.29, 1.82) is 0 Å². The summed E-state index contributed by atoms with van der Waals surface area (Å²) in [5.74, 6) is -0.0421. The molecule has 0 radical (unpaired) electrons. The molecule has 1 aliphatic heterocycles. The molecule has 0 saturated heterocycles. The van der Waals surface area contributed by atoms with E-state index in [1.807, 2.05) is 24.4 Å². The van der Waals surface area contributed by atoms with Crippen LogP contribution >= 0.6 is 11.8 Å². The van der Waals surface area contributed by atoms with Crippen LogP contribution < -0.4 is 0 Å². The number of thioether (sulfide) groups is 1. The predicted molar refractivity (Wildman–Crippen MR) is 82.7 cm³/mol. The molecule has 0 atom stereocenters. The molecule has 7 N–H and O–H groups in total. The van der Waals surface area contributed by atoms with Gasteiger partial charge < -0.3 is 27.5 Å². The van der Waals surface area contributed by atoms with Gasteiger partial charge in [0.2, 0.25) is 0 Å². The molecule has 1 aromatic carbocycles. The number of hydrogen-bond acceptors (Lipinski definition) is 2. The van der Waals surface area contributed by atoms with Crippen molar-refractivity contribution in [2.24, 2.45) is 0 Å². The number of aromatic carboxylic acids is 1. The van der Waals surface area contributed by atoms with Crippen LogP contribution in [0.4, 0.5) is 0 Å². The monoisotopic (exact) mass is 490 g/mol. The van der Waals surface area contributed by atoms with Gasteiger partial charge in [0.1, 0.15) is 0 Å². The minimum absolute atomic E-state index is 0. The maximum atomic E-state index is 10.7. The van der Waals surface area contributed by atoms with Crippen molar-refractivity contribution >= 4 is 17.7 Å². The van der Waals surface area contributed by atoms with Gasteiger partial charge in [-0.15, -0.1) is 18.3 Å². The summed E-state index contributed by atoms with van der Waals surface area (Å²) in [4.78, 5) is 11.9. The van der Waals surface area contributed by atoms with Crippen LogP contribution in [0.25, 0.3) is 11.5 Å². The molecule has 0 bridgehead atoms. The molecule has 1 aromatic rings. The summed E-state index contributed by atoms with van der Waals surface area (Å²) < 4.78 is 0. The van der Waals surface area contributed by atoms with Crippen molar-refractivity contribution in [1.82, 2.24) is 0 Å². The average molecular weight is 495 g/mol. The minimum atomic E-state index is -0.885. The van der Waals surface area contributed by atoms with Gasteiger partial charge in [0.25, 0.3) is 0 Å². The van der Waals surface area contributed by atoms with Crippen LogP contribution in [0.1, 0.15) is 15.9 Å². The summed E-state index contributed by atoms with van der Waals surface area (Å²) in [7, 11) is 0. The van der Waals surface area contributed by atoms with Gasteiger partial charge in [-0.2, -0.15) is 6.20 Å². The van der Waals surface area contributed by atoms with Gasteiger partial charge in [-0.05, 0) is 17.7 Å². The quantitative estimate of drug-likeness (QED) is 0.641. The van der Waals surface area contributed by atoms with Gasteiger partial charge in [-0.25, -0.2) is 4.79 Å². The van der Waals surface area contributed by atoms with Crippen molar-refractivity contribution in [3.63, 3.8) is 0 Å². The summed E-state index contributed by atoms with van der Waals surface area (Å²) in [6, 6.07) is 6.99. The van der Waals surface area contributed by atoms with Crippen LogP contribution in [0.3, 0.4) is 0 Å². The zero-order valence-corrected chi connectivity index (χ0v) is 22.6. The number of nitrogens with zero attached hydrogens (tertiary/aromatic N) is 1. The second-order valence-electron chi connectivity index (χ2n) is 3.58. The molecule has 6 nitrogen and oxygen atoms in total. The van der Waals surface area contributed by atoms with Crippen LogP contribution in [-0.2, 0) is 64.2 Å². The number of hydrogen-bond donors (Lipinski definition) is 1. The average Bonchev–Trinajstić information content (AvgIpc) is 2.38. The normalized spacial score (nSPS) is 10.3. The number of benzene rings is 1. The van der Waals surface area contributed by atoms with E-state index < -0.39 is 5.97 Å². The van der Waals surface area contributed by atoms with E-state index >= 15 is 0 Å². The maximum absolute atomic E-state index is 10.7. The van der Waals surface area contributed by atoms with E-state index in [0.29, 0.717) is 5.56 Å². The maximum Gasteiger partial charge on any atom is 0.335 e. The van der Waals surface area contributed by atoms with E-state index in [-0.39, 0.29) is 75.5 Å². The number of carboxylic acid groups (broad SMARTS) is 1. The molecule has 0 aliphatic carbocycles. The largest absolute Gasteiger partial charge is 0.693 e. The van der Waals surface area contributed by atoms with Crippen LogP contribution in [0.15, 0.2) is 47.5 Å². The molecule has 0 fully saturated rings. The van der Waals surface area contributed by atoms with Crippen molar-refractivity contribution < 1.29 is 79.3 Å². The van der Waals surface area contributed by atoms with Gasteiger partial charge in [-0.3, -0.25) is 0 Å². The first-order chi connectivity index (χ1) is 8.25. The van der Waals surface area contributed by atoms with Crippen molar-refractivity contribution in [2.45, 2.75) is 5.75 Å². The van der Waals surface area contributed by atoms with Crippen LogP contribution in [0.2, 0.25) is 0 Å².